The number of nitrogens with zero attached hydrogens (tertiary/aromatic N) is 3. The third kappa shape index (κ3) is 6.53. The number of amides is 1. The number of primary amides is 1. The number of nitrogens with two attached hydrogens (primary N) is 1. The number of pyridine rings is 1. The molecule has 4 rings (SSSR count). The van der Waals surface area contributed by atoms with Crippen LogP contribution in [-0.2, 0) is 24.5 Å². The zero-order chi connectivity index (χ0) is 30.8. The number of sulfonamides is 2. The number of carbonyl (C=O) groups excluding carboxylic acids is 1. The summed E-state index contributed by atoms with van der Waals surface area (Å²) in [6, 6.07) is 11.5. The Morgan fingerprint density at radius 1 is 1.17 bits per heavy atom. The second-order valence-corrected chi connectivity index (χ2v) is 13.4. The Morgan fingerprint density at radius 3 is 2.43 bits per heavy atom. The van der Waals surface area contributed by atoms with Gasteiger partial charge in [0.1, 0.15) is 17.4 Å². The van der Waals surface area contributed by atoms with Crippen molar-refractivity contribution in [1.29, 1.82) is 0 Å². The first kappa shape index (κ1) is 31.3. The van der Waals surface area contributed by atoms with Crippen LogP contribution in [-0.4, -0.2) is 52.0 Å². The molecular formula is C25H23FIN5O8S2. The first-order chi connectivity index (χ1) is 19.7. The maximum absolute atomic E-state index is 13.5. The minimum absolute atomic E-state index is 0.00271. The molecule has 0 fully saturated rings. The molecule has 2 heterocycles. The molecule has 4 aromatic rings. The van der Waals surface area contributed by atoms with Gasteiger partial charge in [0.25, 0.3) is 11.6 Å². The molecule has 0 aliphatic carbocycles. The standard InChI is InChI=1S/C25H23FIN5O8S2/c1-41(36,37)31(12-4-11-29-42(38,39)20-6-3-2-5-19(20)32(34)35)24-16(14-27)13-18-21(23(28)33)22(40-25(18)30-24)15-7-9-17(26)10-8-15/h2-3,5-10,13,29H,4,11-12,14H2,1H3,(H2,28,33). The molecule has 0 bridgehead atoms. The van der Waals surface area contributed by atoms with Crippen molar-refractivity contribution in [2.45, 2.75) is 15.7 Å². The fraction of sp³-hybridized carbons (Fsp3) is 0.200. The van der Waals surface area contributed by atoms with E-state index < -0.39 is 47.3 Å². The number of aromatic nitrogens is 1. The number of carbonyl (C=O) groups is 1. The Hall–Kier alpha value is -3.68. The highest BCUT2D eigenvalue weighted by molar-refractivity contribution is 14.1. The number of hydrogen-bond acceptors (Lipinski definition) is 9. The third-order valence-electron chi connectivity index (χ3n) is 6.05. The molecule has 0 spiro atoms. The number of fused-ring (bicyclic) bond motifs is 1. The van der Waals surface area contributed by atoms with Gasteiger partial charge in [-0.05, 0) is 42.8 Å². The van der Waals surface area contributed by atoms with Crippen LogP contribution in [0.15, 0.2) is 63.9 Å². The maximum Gasteiger partial charge on any atom is 0.289 e. The number of benzene rings is 2. The van der Waals surface area contributed by atoms with Crippen LogP contribution >= 0.6 is 22.6 Å². The quantitative estimate of drug-likeness (QED) is 0.0718. The summed E-state index contributed by atoms with van der Waals surface area (Å²) in [5, 5.41) is 11.5. The molecule has 2 aromatic carbocycles. The number of anilines is 1. The van der Waals surface area contributed by atoms with E-state index in [0.717, 1.165) is 22.7 Å². The van der Waals surface area contributed by atoms with Crippen molar-refractivity contribution in [3.05, 3.63) is 81.7 Å². The minimum Gasteiger partial charge on any atom is -0.437 e. The van der Waals surface area contributed by atoms with E-state index in [0.29, 0.717) is 11.1 Å². The highest BCUT2D eigenvalue weighted by Gasteiger charge is 2.28. The van der Waals surface area contributed by atoms with E-state index in [-0.39, 0.29) is 52.2 Å². The molecule has 3 N–H and O–H groups in total. The summed E-state index contributed by atoms with van der Waals surface area (Å²) in [6.45, 7) is -0.460. The molecule has 0 aliphatic heterocycles. The summed E-state index contributed by atoms with van der Waals surface area (Å²) in [7, 11) is -8.23. The van der Waals surface area contributed by atoms with Crippen LogP contribution in [0.25, 0.3) is 22.4 Å². The number of furan rings is 1. The van der Waals surface area contributed by atoms with Crippen LogP contribution in [0.3, 0.4) is 0 Å². The van der Waals surface area contributed by atoms with Crippen molar-refractivity contribution in [3.63, 3.8) is 0 Å². The first-order valence-corrected chi connectivity index (χ1v) is 16.9. The Labute approximate surface area is 253 Å². The molecule has 42 heavy (non-hydrogen) atoms. The van der Waals surface area contributed by atoms with Gasteiger partial charge in [0.2, 0.25) is 25.8 Å². The lowest BCUT2D eigenvalue weighted by Gasteiger charge is -2.23. The summed E-state index contributed by atoms with van der Waals surface area (Å²) in [5.74, 6) is -1.29. The second-order valence-electron chi connectivity index (χ2n) is 8.95. The third-order valence-corrected chi connectivity index (χ3v) is 9.54. The fourth-order valence-corrected chi connectivity index (χ4v) is 6.93. The van der Waals surface area contributed by atoms with E-state index >= 15 is 0 Å². The fourth-order valence-electron chi connectivity index (χ4n) is 4.19. The molecule has 0 unspecified atom stereocenters. The molecule has 0 saturated carbocycles. The number of alkyl halides is 1. The Morgan fingerprint density at radius 2 is 1.83 bits per heavy atom. The molecule has 0 saturated heterocycles. The number of para-hydroxylation sites is 1. The highest BCUT2D eigenvalue weighted by atomic mass is 127. The van der Waals surface area contributed by atoms with Gasteiger partial charge in [-0.3, -0.25) is 19.2 Å². The number of rotatable bonds is 12. The lowest BCUT2D eigenvalue weighted by molar-refractivity contribution is -0.387. The second kappa shape index (κ2) is 12.3. The molecule has 13 nitrogen and oxygen atoms in total. The monoisotopic (exact) mass is 731 g/mol. The molecule has 17 heteroatoms. The van der Waals surface area contributed by atoms with Crippen LogP contribution in [0.2, 0.25) is 0 Å². The van der Waals surface area contributed by atoms with Gasteiger partial charge in [0.05, 0.1) is 22.1 Å². The number of nitro groups is 1. The van der Waals surface area contributed by atoms with Crippen LogP contribution in [0.1, 0.15) is 22.3 Å². The average Bonchev–Trinajstić information content (AvgIpc) is 3.30. The summed E-state index contributed by atoms with van der Waals surface area (Å²) in [5.41, 5.74) is 5.72. The SMILES string of the molecule is CS(=O)(=O)N(CCCNS(=O)(=O)c1ccccc1[N+](=O)[O-])c1nc2oc(-c3ccc(F)cc3)c(C(N)=O)c2cc1CI. The zero-order valence-corrected chi connectivity index (χ0v) is 25.6. The van der Waals surface area contributed by atoms with Gasteiger partial charge < -0.3 is 10.2 Å². The van der Waals surface area contributed by atoms with E-state index in [1.54, 1.807) is 0 Å². The average molecular weight is 732 g/mol. The molecule has 1 amide bonds. The Balaban J connectivity index is 1.66. The zero-order valence-electron chi connectivity index (χ0n) is 21.8. The van der Waals surface area contributed by atoms with Crippen molar-refractivity contribution in [2.24, 2.45) is 5.73 Å². The molecule has 0 radical (unpaired) electrons. The van der Waals surface area contributed by atoms with Crippen LogP contribution < -0.4 is 14.8 Å². The minimum atomic E-state index is -4.27. The van der Waals surface area contributed by atoms with E-state index in [1.807, 2.05) is 22.6 Å². The molecule has 0 aliphatic rings. The first-order valence-electron chi connectivity index (χ1n) is 12.0. The number of nitrogens with one attached hydrogen (secondary N) is 1. The molecule has 2 aromatic heterocycles. The van der Waals surface area contributed by atoms with Gasteiger partial charge in [-0.1, -0.05) is 34.7 Å². The van der Waals surface area contributed by atoms with Crippen LogP contribution in [0.5, 0.6) is 0 Å². The van der Waals surface area contributed by atoms with Gasteiger partial charge in [-0.15, -0.1) is 0 Å². The number of hydrogen-bond donors (Lipinski definition) is 2. The van der Waals surface area contributed by atoms with Gasteiger partial charge in [0, 0.05) is 34.7 Å². The van der Waals surface area contributed by atoms with E-state index in [2.05, 4.69) is 9.71 Å². The predicted octanol–water partition coefficient (Wildman–Crippen LogP) is 3.71. The summed E-state index contributed by atoms with van der Waals surface area (Å²) in [6.07, 6.45) is 0.924. The number of nitro benzene ring substituents is 1. The largest absolute Gasteiger partial charge is 0.437 e. The van der Waals surface area contributed by atoms with Crippen molar-refractivity contribution < 1.29 is 35.4 Å². The van der Waals surface area contributed by atoms with Gasteiger partial charge in [0.15, 0.2) is 4.90 Å². The molecular weight excluding hydrogens is 708 g/mol. The Bertz CT molecular complexity index is 1900. The smallest absolute Gasteiger partial charge is 0.289 e. The topological polar surface area (TPSA) is 196 Å². The highest BCUT2D eigenvalue weighted by Crippen LogP contribution is 2.36. The lowest BCUT2D eigenvalue weighted by atomic mass is 10.0. The van der Waals surface area contributed by atoms with Crippen molar-refractivity contribution >= 4 is 71.1 Å². The summed E-state index contributed by atoms with van der Waals surface area (Å²) >= 11 is 2.00. The van der Waals surface area contributed by atoms with E-state index in [9.17, 15) is 36.1 Å². The van der Waals surface area contributed by atoms with Crippen LogP contribution in [0.4, 0.5) is 15.9 Å². The number of halogens is 2. The van der Waals surface area contributed by atoms with Crippen molar-refractivity contribution in [2.75, 3.05) is 23.7 Å². The van der Waals surface area contributed by atoms with E-state index in [1.165, 1.54) is 42.5 Å². The normalized spacial score (nSPS) is 12.0. The van der Waals surface area contributed by atoms with Crippen molar-refractivity contribution in [1.82, 2.24) is 9.71 Å². The van der Waals surface area contributed by atoms with Gasteiger partial charge in [-0.2, -0.15) is 4.98 Å². The Kier molecular flexibility index (Phi) is 9.14. The lowest BCUT2D eigenvalue weighted by Crippen LogP contribution is -2.35. The van der Waals surface area contributed by atoms with Crippen LogP contribution in [0, 0.1) is 15.9 Å². The predicted molar refractivity (Wildman–Crippen MR) is 161 cm³/mol. The maximum atomic E-state index is 13.5. The summed E-state index contributed by atoms with van der Waals surface area (Å²) < 4.78 is 73.9. The van der Waals surface area contributed by atoms with Gasteiger partial charge in [-0.25, -0.2) is 25.9 Å². The van der Waals surface area contributed by atoms with Gasteiger partial charge >= 0.3 is 0 Å². The van der Waals surface area contributed by atoms with E-state index in [4.69, 9.17) is 10.2 Å². The molecule has 0 atom stereocenters. The summed E-state index contributed by atoms with van der Waals surface area (Å²) in [4.78, 5) is 26.7. The molecule has 222 valence electrons. The van der Waals surface area contributed by atoms with Crippen molar-refractivity contribution in [3.8, 4) is 11.3 Å².